The molecule has 1 aromatic rings. The van der Waals surface area contributed by atoms with Gasteiger partial charge in [0.05, 0.1) is 5.75 Å². The summed E-state index contributed by atoms with van der Waals surface area (Å²) in [6.07, 6.45) is 1.60. The van der Waals surface area contributed by atoms with Crippen molar-refractivity contribution in [1.29, 1.82) is 0 Å². The molecule has 23 heavy (non-hydrogen) atoms. The van der Waals surface area contributed by atoms with E-state index in [2.05, 4.69) is 4.72 Å². The van der Waals surface area contributed by atoms with Crippen LogP contribution in [0, 0.1) is 12.8 Å². The molecule has 0 aliphatic carbocycles. The molecule has 1 unspecified atom stereocenters. The summed E-state index contributed by atoms with van der Waals surface area (Å²) >= 11 is 0. The summed E-state index contributed by atoms with van der Waals surface area (Å²) in [5.41, 5.74) is 1.83. The standard InChI is InChI=1S/C17H26N2O3S/c1-13(2)17(20)19-9-5-8-16(11-19)18-23(21,22)12-15-7-4-6-14(3)10-15/h4,6-7,10,13,16,18H,5,8-9,11-12H2,1-3H3. The number of sulfonamides is 1. The van der Waals surface area contributed by atoms with Crippen LogP contribution in [0.2, 0.25) is 0 Å². The third kappa shape index (κ3) is 5.32. The summed E-state index contributed by atoms with van der Waals surface area (Å²) in [4.78, 5) is 13.9. The van der Waals surface area contributed by atoms with Crippen LogP contribution in [0.25, 0.3) is 0 Å². The molecule has 0 saturated carbocycles. The number of nitrogens with one attached hydrogen (secondary N) is 1. The SMILES string of the molecule is Cc1cccc(CS(=O)(=O)NC2CCCN(C(=O)C(C)C)C2)c1. The molecule has 1 fully saturated rings. The molecule has 1 N–H and O–H groups in total. The van der Waals surface area contributed by atoms with E-state index in [-0.39, 0.29) is 23.6 Å². The normalized spacial score (nSPS) is 19.1. The predicted octanol–water partition coefficient (Wildman–Crippen LogP) is 2.06. The molecule has 1 aliphatic rings. The largest absolute Gasteiger partial charge is 0.341 e. The Balaban J connectivity index is 1.98. The van der Waals surface area contributed by atoms with E-state index in [1.165, 1.54) is 0 Å². The highest BCUT2D eigenvalue weighted by Gasteiger charge is 2.27. The first-order valence-corrected chi connectivity index (χ1v) is 9.76. The van der Waals surface area contributed by atoms with E-state index < -0.39 is 10.0 Å². The molecule has 1 aromatic carbocycles. The summed E-state index contributed by atoms with van der Waals surface area (Å²) in [6, 6.07) is 7.32. The molecular formula is C17H26N2O3S. The Morgan fingerprint density at radius 1 is 1.39 bits per heavy atom. The monoisotopic (exact) mass is 338 g/mol. The maximum Gasteiger partial charge on any atom is 0.225 e. The fourth-order valence-corrected chi connectivity index (χ4v) is 4.36. The van der Waals surface area contributed by atoms with Crippen molar-refractivity contribution in [2.24, 2.45) is 5.92 Å². The van der Waals surface area contributed by atoms with Gasteiger partial charge in [-0.05, 0) is 25.3 Å². The molecule has 0 radical (unpaired) electrons. The minimum atomic E-state index is -3.41. The zero-order valence-electron chi connectivity index (χ0n) is 14.1. The highest BCUT2D eigenvalue weighted by Crippen LogP contribution is 2.15. The number of aryl methyl sites for hydroxylation is 1. The molecule has 0 bridgehead atoms. The van der Waals surface area contributed by atoms with Crippen LogP contribution in [0.3, 0.4) is 0 Å². The van der Waals surface area contributed by atoms with Crippen LogP contribution in [0.15, 0.2) is 24.3 Å². The van der Waals surface area contributed by atoms with Crippen molar-refractivity contribution >= 4 is 15.9 Å². The molecule has 0 spiro atoms. The number of hydrogen-bond donors (Lipinski definition) is 1. The van der Waals surface area contributed by atoms with Gasteiger partial charge in [0.1, 0.15) is 0 Å². The number of rotatable bonds is 5. The highest BCUT2D eigenvalue weighted by molar-refractivity contribution is 7.88. The summed E-state index contributed by atoms with van der Waals surface area (Å²) in [5, 5.41) is 0. The molecule has 1 atom stereocenters. The Labute approximate surface area is 139 Å². The smallest absolute Gasteiger partial charge is 0.225 e. The number of amides is 1. The number of hydrogen-bond acceptors (Lipinski definition) is 3. The van der Waals surface area contributed by atoms with E-state index in [0.717, 1.165) is 24.0 Å². The van der Waals surface area contributed by atoms with Gasteiger partial charge in [-0.25, -0.2) is 13.1 Å². The van der Waals surface area contributed by atoms with Crippen LogP contribution in [0.4, 0.5) is 0 Å². The fraction of sp³-hybridized carbons (Fsp3) is 0.588. The average Bonchev–Trinajstić information content (AvgIpc) is 2.45. The minimum absolute atomic E-state index is 0.0245. The number of carbonyl (C=O) groups is 1. The minimum Gasteiger partial charge on any atom is -0.341 e. The van der Waals surface area contributed by atoms with Gasteiger partial charge >= 0.3 is 0 Å². The Kier molecular flexibility index (Phi) is 5.81. The quantitative estimate of drug-likeness (QED) is 0.894. The molecule has 6 heteroatoms. The van der Waals surface area contributed by atoms with Crippen molar-refractivity contribution in [3.8, 4) is 0 Å². The Morgan fingerprint density at radius 3 is 2.78 bits per heavy atom. The van der Waals surface area contributed by atoms with Gasteiger partial charge in [0.15, 0.2) is 0 Å². The first-order chi connectivity index (χ1) is 10.8. The van der Waals surface area contributed by atoms with Gasteiger partial charge in [0.2, 0.25) is 15.9 Å². The summed E-state index contributed by atoms with van der Waals surface area (Å²) in [5.74, 6) is 0.00813. The van der Waals surface area contributed by atoms with E-state index in [1.807, 2.05) is 45.0 Å². The maximum atomic E-state index is 12.4. The van der Waals surface area contributed by atoms with Crippen molar-refractivity contribution < 1.29 is 13.2 Å². The first-order valence-electron chi connectivity index (χ1n) is 8.11. The Bertz CT molecular complexity index is 656. The number of benzene rings is 1. The van der Waals surface area contributed by atoms with E-state index >= 15 is 0 Å². The lowest BCUT2D eigenvalue weighted by molar-refractivity contribution is -0.135. The van der Waals surface area contributed by atoms with E-state index in [4.69, 9.17) is 0 Å². The summed E-state index contributed by atoms with van der Waals surface area (Å²) < 4.78 is 27.5. The first kappa shape index (κ1) is 17.9. The Hall–Kier alpha value is -1.40. The molecule has 1 aliphatic heterocycles. The second kappa shape index (κ2) is 7.45. The summed E-state index contributed by atoms with van der Waals surface area (Å²) in [6.45, 7) is 6.86. The van der Waals surface area contributed by atoms with Gasteiger partial charge in [-0.15, -0.1) is 0 Å². The molecule has 1 amide bonds. The van der Waals surface area contributed by atoms with Gasteiger partial charge < -0.3 is 4.90 Å². The van der Waals surface area contributed by atoms with Gasteiger partial charge in [0, 0.05) is 25.0 Å². The van der Waals surface area contributed by atoms with Gasteiger partial charge in [-0.1, -0.05) is 43.7 Å². The van der Waals surface area contributed by atoms with Gasteiger partial charge in [-0.3, -0.25) is 4.79 Å². The second-order valence-electron chi connectivity index (χ2n) is 6.64. The summed E-state index contributed by atoms with van der Waals surface area (Å²) in [7, 11) is -3.41. The molecule has 0 aromatic heterocycles. The van der Waals surface area contributed by atoms with Crippen LogP contribution in [-0.4, -0.2) is 38.4 Å². The van der Waals surface area contributed by atoms with Crippen LogP contribution >= 0.6 is 0 Å². The molecule has 128 valence electrons. The predicted molar refractivity (Wildman–Crippen MR) is 91.4 cm³/mol. The van der Waals surface area contributed by atoms with Crippen molar-refractivity contribution in [3.63, 3.8) is 0 Å². The van der Waals surface area contributed by atoms with Crippen LogP contribution in [-0.2, 0) is 20.6 Å². The lowest BCUT2D eigenvalue weighted by Gasteiger charge is -2.34. The van der Waals surface area contributed by atoms with Crippen molar-refractivity contribution in [2.45, 2.75) is 45.4 Å². The van der Waals surface area contributed by atoms with Gasteiger partial charge in [-0.2, -0.15) is 0 Å². The van der Waals surface area contributed by atoms with Crippen LogP contribution < -0.4 is 4.72 Å². The van der Waals surface area contributed by atoms with Gasteiger partial charge in [0.25, 0.3) is 0 Å². The van der Waals surface area contributed by atoms with Crippen LogP contribution in [0.1, 0.15) is 37.8 Å². The fourth-order valence-electron chi connectivity index (χ4n) is 2.96. The van der Waals surface area contributed by atoms with Crippen LogP contribution in [0.5, 0.6) is 0 Å². The average molecular weight is 338 g/mol. The zero-order valence-corrected chi connectivity index (χ0v) is 14.9. The number of likely N-dealkylation sites (tertiary alicyclic amines) is 1. The lowest BCUT2D eigenvalue weighted by Crippen LogP contribution is -2.50. The molecule has 1 saturated heterocycles. The van der Waals surface area contributed by atoms with E-state index in [9.17, 15) is 13.2 Å². The number of carbonyl (C=O) groups excluding carboxylic acids is 1. The number of piperidine rings is 1. The molecule has 5 nitrogen and oxygen atoms in total. The third-order valence-electron chi connectivity index (χ3n) is 4.01. The highest BCUT2D eigenvalue weighted by atomic mass is 32.2. The number of nitrogens with zero attached hydrogens (tertiary/aromatic N) is 1. The maximum absolute atomic E-state index is 12.4. The lowest BCUT2D eigenvalue weighted by atomic mass is 10.0. The molecular weight excluding hydrogens is 312 g/mol. The van der Waals surface area contributed by atoms with Crippen molar-refractivity contribution in [1.82, 2.24) is 9.62 Å². The molecule has 2 rings (SSSR count). The van der Waals surface area contributed by atoms with E-state index in [1.54, 1.807) is 4.90 Å². The second-order valence-corrected chi connectivity index (χ2v) is 8.40. The van der Waals surface area contributed by atoms with Crippen molar-refractivity contribution in [2.75, 3.05) is 13.1 Å². The third-order valence-corrected chi connectivity index (χ3v) is 5.42. The Morgan fingerprint density at radius 2 is 2.13 bits per heavy atom. The molecule has 1 heterocycles. The van der Waals surface area contributed by atoms with Crippen molar-refractivity contribution in [3.05, 3.63) is 35.4 Å². The topological polar surface area (TPSA) is 66.5 Å². The zero-order chi connectivity index (χ0) is 17.0. The van der Waals surface area contributed by atoms with E-state index in [0.29, 0.717) is 13.1 Å².